The topological polar surface area (TPSA) is 59.3 Å². The maximum absolute atomic E-state index is 12.9. The molecule has 1 aliphatic rings. The first kappa shape index (κ1) is 13.9. The predicted molar refractivity (Wildman–Crippen MR) is 84.8 cm³/mol. The Hall–Kier alpha value is -2.76. The molecule has 5 nitrogen and oxygen atoms in total. The van der Waals surface area contributed by atoms with Gasteiger partial charge in [-0.15, -0.1) is 0 Å². The molecule has 1 amide bonds. The first-order valence-electron chi connectivity index (χ1n) is 7.46. The highest BCUT2D eigenvalue weighted by atomic mass is 19.1. The molecule has 1 fully saturated rings. The van der Waals surface area contributed by atoms with E-state index in [-0.39, 0.29) is 5.91 Å². The molecule has 0 aromatic carbocycles. The van der Waals surface area contributed by atoms with Crippen molar-refractivity contribution in [1.29, 1.82) is 0 Å². The van der Waals surface area contributed by atoms with E-state index in [1.807, 2.05) is 41.9 Å². The lowest BCUT2D eigenvalue weighted by Crippen LogP contribution is -2.15. The van der Waals surface area contributed by atoms with Crippen LogP contribution < -0.4 is 5.32 Å². The zero-order valence-electron chi connectivity index (χ0n) is 12.5. The number of fused-ring (bicyclic) bond motifs is 1. The number of anilines is 1. The fourth-order valence-electron chi connectivity index (χ4n) is 2.63. The number of halogens is 1. The van der Waals surface area contributed by atoms with Crippen LogP contribution in [0.15, 0.2) is 43.0 Å². The fraction of sp³-hybridized carbons (Fsp3) is 0.235. The van der Waals surface area contributed by atoms with Crippen LogP contribution in [-0.4, -0.2) is 26.4 Å². The number of nitrogens with one attached hydrogen (secondary N) is 1. The van der Waals surface area contributed by atoms with E-state index in [1.54, 1.807) is 12.4 Å². The molecule has 3 heterocycles. The summed E-state index contributed by atoms with van der Waals surface area (Å²) in [5, 5.41) is 2.67. The maximum atomic E-state index is 12.9. The van der Waals surface area contributed by atoms with Gasteiger partial charge in [-0.25, -0.2) is 9.37 Å². The standard InChI is InChI=1S/C17H15FN4O/c1-10-4-5-19-7-13(10)11-2-3-16-20-15(9-22(16)8-11)21-17(23)12-6-14(12)18/h2-5,7-9,12,14H,6H2,1H3,(H,21,23). The zero-order valence-corrected chi connectivity index (χ0v) is 12.5. The van der Waals surface area contributed by atoms with Crippen LogP contribution in [0, 0.1) is 12.8 Å². The number of hydrogen-bond donors (Lipinski definition) is 1. The van der Waals surface area contributed by atoms with Gasteiger partial charge in [0.25, 0.3) is 0 Å². The number of imidazole rings is 1. The second-order valence-electron chi connectivity index (χ2n) is 5.85. The second-order valence-corrected chi connectivity index (χ2v) is 5.85. The molecule has 4 rings (SSSR count). The average Bonchev–Trinajstić information content (AvgIpc) is 3.13. The molecule has 3 aromatic rings. The molecule has 0 saturated heterocycles. The summed E-state index contributed by atoms with van der Waals surface area (Å²) >= 11 is 0. The molecule has 2 unspecified atom stereocenters. The fourth-order valence-corrected chi connectivity index (χ4v) is 2.63. The van der Waals surface area contributed by atoms with E-state index in [0.29, 0.717) is 12.2 Å². The monoisotopic (exact) mass is 310 g/mol. The van der Waals surface area contributed by atoms with Crippen LogP contribution in [-0.2, 0) is 4.79 Å². The van der Waals surface area contributed by atoms with Crippen molar-refractivity contribution in [2.75, 3.05) is 5.32 Å². The molecular formula is C17H15FN4O. The van der Waals surface area contributed by atoms with Gasteiger partial charge in [-0.1, -0.05) is 0 Å². The highest BCUT2D eigenvalue weighted by Crippen LogP contribution is 2.34. The summed E-state index contributed by atoms with van der Waals surface area (Å²) in [7, 11) is 0. The van der Waals surface area contributed by atoms with E-state index < -0.39 is 12.1 Å². The van der Waals surface area contributed by atoms with Gasteiger partial charge < -0.3 is 9.72 Å². The first-order chi connectivity index (χ1) is 11.1. The van der Waals surface area contributed by atoms with Crippen molar-refractivity contribution in [2.45, 2.75) is 19.5 Å². The van der Waals surface area contributed by atoms with Crippen molar-refractivity contribution in [2.24, 2.45) is 5.92 Å². The van der Waals surface area contributed by atoms with Crippen LogP contribution >= 0.6 is 0 Å². The number of amides is 1. The number of hydrogen-bond acceptors (Lipinski definition) is 3. The molecule has 3 aromatic heterocycles. The number of carbonyl (C=O) groups excluding carboxylic acids is 1. The van der Waals surface area contributed by atoms with Crippen molar-refractivity contribution >= 4 is 17.4 Å². The summed E-state index contributed by atoms with van der Waals surface area (Å²) in [5.41, 5.74) is 3.92. The summed E-state index contributed by atoms with van der Waals surface area (Å²) in [6.07, 6.45) is 6.56. The Balaban J connectivity index is 1.64. The minimum absolute atomic E-state index is 0.302. The number of aromatic nitrogens is 3. The summed E-state index contributed by atoms with van der Waals surface area (Å²) in [6.45, 7) is 2.03. The van der Waals surface area contributed by atoms with Crippen LogP contribution in [0.1, 0.15) is 12.0 Å². The van der Waals surface area contributed by atoms with Crippen molar-refractivity contribution in [1.82, 2.24) is 14.4 Å². The molecule has 2 atom stereocenters. The van der Waals surface area contributed by atoms with Gasteiger partial charge in [-0.3, -0.25) is 9.78 Å². The second kappa shape index (κ2) is 5.15. The number of nitrogens with zero attached hydrogens (tertiary/aromatic N) is 3. The van der Waals surface area contributed by atoms with Gasteiger partial charge in [0.15, 0.2) is 5.82 Å². The molecule has 0 aliphatic heterocycles. The quantitative estimate of drug-likeness (QED) is 0.809. The van der Waals surface area contributed by atoms with Gasteiger partial charge >= 0.3 is 0 Å². The van der Waals surface area contributed by atoms with E-state index >= 15 is 0 Å². The molecule has 6 heteroatoms. The molecular weight excluding hydrogens is 295 g/mol. The molecule has 1 aliphatic carbocycles. The highest BCUT2D eigenvalue weighted by Gasteiger charge is 2.43. The normalized spacial score (nSPS) is 19.7. The summed E-state index contributed by atoms with van der Waals surface area (Å²) in [5.74, 6) is -0.383. The Morgan fingerprint density at radius 2 is 2.17 bits per heavy atom. The Bertz CT molecular complexity index is 904. The Morgan fingerprint density at radius 1 is 1.35 bits per heavy atom. The zero-order chi connectivity index (χ0) is 16.0. The first-order valence-corrected chi connectivity index (χ1v) is 7.46. The number of pyridine rings is 2. The molecule has 0 bridgehead atoms. The van der Waals surface area contributed by atoms with E-state index in [9.17, 15) is 9.18 Å². The third kappa shape index (κ3) is 2.56. The Labute approximate surface area is 132 Å². The van der Waals surface area contributed by atoms with Crippen molar-refractivity contribution in [3.8, 4) is 11.1 Å². The summed E-state index contributed by atoms with van der Waals surface area (Å²) < 4.78 is 14.8. The third-order valence-electron chi connectivity index (χ3n) is 4.10. The van der Waals surface area contributed by atoms with Crippen LogP contribution in [0.2, 0.25) is 0 Å². The third-order valence-corrected chi connectivity index (χ3v) is 4.10. The highest BCUT2D eigenvalue weighted by molar-refractivity contribution is 5.94. The van der Waals surface area contributed by atoms with Crippen LogP contribution in [0.3, 0.4) is 0 Å². The van der Waals surface area contributed by atoms with Crippen molar-refractivity contribution in [3.05, 3.63) is 48.5 Å². The molecule has 116 valence electrons. The SMILES string of the molecule is Cc1ccncc1-c1ccc2nc(NC(=O)C3CC3F)cn2c1. The molecule has 0 radical (unpaired) electrons. The van der Waals surface area contributed by atoms with E-state index in [2.05, 4.69) is 15.3 Å². The smallest absolute Gasteiger partial charge is 0.231 e. The Kier molecular flexibility index (Phi) is 3.11. The van der Waals surface area contributed by atoms with Crippen LogP contribution in [0.25, 0.3) is 16.8 Å². The van der Waals surface area contributed by atoms with Crippen LogP contribution in [0.5, 0.6) is 0 Å². The minimum atomic E-state index is -1.01. The van der Waals surface area contributed by atoms with Gasteiger partial charge in [0, 0.05) is 29.7 Å². The molecule has 0 spiro atoms. The average molecular weight is 310 g/mol. The van der Waals surface area contributed by atoms with Crippen molar-refractivity contribution < 1.29 is 9.18 Å². The molecule has 1 saturated carbocycles. The van der Waals surface area contributed by atoms with E-state index in [0.717, 1.165) is 22.3 Å². The maximum Gasteiger partial charge on any atom is 0.231 e. The van der Waals surface area contributed by atoms with Gasteiger partial charge in [0.05, 0.1) is 12.1 Å². The van der Waals surface area contributed by atoms with E-state index in [1.165, 1.54) is 0 Å². The van der Waals surface area contributed by atoms with Crippen LogP contribution in [0.4, 0.5) is 10.2 Å². The van der Waals surface area contributed by atoms with E-state index in [4.69, 9.17) is 0 Å². The summed E-state index contributed by atoms with van der Waals surface area (Å²) in [4.78, 5) is 20.3. The summed E-state index contributed by atoms with van der Waals surface area (Å²) in [6, 6.07) is 5.81. The molecule has 23 heavy (non-hydrogen) atoms. The number of carbonyl (C=O) groups is 1. The largest absolute Gasteiger partial charge is 0.309 e. The van der Waals surface area contributed by atoms with Gasteiger partial charge in [0.2, 0.25) is 5.91 Å². The number of aryl methyl sites for hydroxylation is 1. The minimum Gasteiger partial charge on any atom is -0.309 e. The number of alkyl halides is 1. The lowest BCUT2D eigenvalue weighted by molar-refractivity contribution is -0.117. The van der Waals surface area contributed by atoms with Gasteiger partial charge in [-0.2, -0.15) is 0 Å². The lowest BCUT2D eigenvalue weighted by Gasteiger charge is -2.05. The predicted octanol–water partition coefficient (Wildman–Crippen LogP) is 3.00. The van der Waals surface area contributed by atoms with Gasteiger partial charge in [-0.05, 0) is 37.1 Å². The lowest BCUT2D eigenvalue weighted by atomic mass is 10.1. The Morgan fingerprint density at radius 3 is 2.91 bits per heavy atom. The van der Waals surface area contributed by atoms with Gasteiger partial charge in [0.1, 0.15) is 11.8 Å². The van der Waals surface area contributed by atoms with Crippen molar-refractivity contribution in [3.63, 3.8) is 0 Å². The molecule has 1 N–H and O–H groups in total. The number of rotatable bonds is 3.